The van der Waals surface area contributed by atoms with Gasteiger partial charge in [0.2, 0.25) is 10.0 Å². The molecule has 1 aromatic carbocycles. The Morgan fingerprint density at radius 1 is 1.43 bits per heavy atom. The number of primary sulfonamides is 1. The third-order valence-electron chi connectivity index (χ3n) is 4.11. The van der Waals surface area contributed by atoms with E-state index in [4.69, 9.17) is 5.14 Å². The smallest absolute Gasteiger partial charge is 0.251 e. The van der Waals surface area contributed by atoms with Gasteiger partial charge in [-0.1, -0.05) is 13.3 Å². The van der Waals surface area contributed by atoms with Gasteiger partial charge in [-0.2, -0.15) is 0 Å². The van der Waals surface area contributed by atoms with Gasteiger partial charge in [0, 0.05) is 12.1 Å². The number of benzene rings is 1. The maximum atomic E-state index is 13.5. The average Bonchev–Trinajstić information content (AvgIpc) is 2.34. The van der Waals surface area contributed by atoms with Gasteiger partial charge in [0.05, 0.1) is 4.90 Å². The first kappa shape index (κ1) is 15.9. The van der Waals surface area contributed by atoms with Crippen molar-refractivity contribution in [1.82, 2.24) is 5.32 Å². The van der Waals surface area contributed by atoms with Crippen LogP contribution < -0.4 is 10.5 Å². The van der Waals surface area contributed by atoms with E-state index in [2.05, 4.69) is 12.2 Å². The lowest BCUT2D eigenvalue weighted by atomic mass is 9.70. The molecular formula is C14H19FN2O3S. The zero-order chi connectivity index (χ0) is 15.8. The van der Waals surface area contributed by atoms with E-state index in [1.807, 2.05) is 0 Å². The Bertz CT molecular complexity index is 682. The van der Waals surface area contributed by atoms with Crippen LogP contribution in [0.25, 0.3) is 0 Å². The maximum Gasteiger partial charge on any atom is 0.251 e. The number of amides is 1. The Morgan fingerprint density at radius 3 is 2.52 bits per heavy atom. The number of carbonyl (C=O) groups is 1. The maximum absolute atomic E-state index is 13.5. The molecule has 2 rings (SSSR count). The summed E-state index contributed by atoms with van der Waals surface area (Å²) in [5.41, 5.74) is 0.247. The molecular weight excluding hydrogens is 295 g/mol. The fourth-order valence-electron chi connectivity index (χ4n) is 2.53. The topological polar surface area (TPSA) is 89.3 Å². The number of sulfonamides is 1. The van der Waals surface area contributed by atoms with Crippen LogP contribution in [0.15, 0.2) is 17.0 Å². The highest BCUT2D eigenvalue weighted by Gasteiger charge is 2.32. The van der Waals surface area contributed by atoms with Crippen LogP contribution in [-0.2, 0) is 10.0 Å². The molecule has 3 N–H and O–H groups in total. The number of nitrogens with one attached hydrogen (secondary N) is 1. The molecule has 0 atom stereocenters. The van der Waals surface area contributed by atoms with Crippen molar-refractivity contribution < 1.29 is 17.6 Å². The van der Waals surface area contributed by atoms with Gasteiger partial charge in [-0.3, -0.25) is 4.79 Å². The van der Waals surface area contributed by atoms with Crippen molar-refractivity contribution >= 4 is 15.9 Å². The quantitative estimate of drug-likeness (QED) is 0.886. The normalized spacial score (nSPS) is 17.1. The molecule has 5 nitrogen and oxygen atoms in total. The second-order valence-electron chi connectivity index (χ2n) is 5.97. The van der Waals surface area contributed by atoms with Crippen LogP contribution in [0.2, 0.25) is 0 Å². The van der Waals surface area contributed by atoms with E-state index in [0.29, 0.717) is 6.54 Å². The van der Waals surface area contributed by atoms with Gasteiger partial charge in [-0.15, -0.1) is 0 Å². The molecule has 1 saturated carbocycles. The summed E-state index contributed by atoms with van der Waals surface area (Å²) in [5.74, 6) is -1.28. The molecule has 21 heavy (non-hydrogen) atoms. The van der Waals surface area contributed by atoms with E-state index < -0.39 is 21.7 Å². The van der Waals surface area contributed by atoms with Gasteiger partial charge >= 0.3 is 0 Å². The lowest BCUT2D eigenvalue weighted by Gasteiger charge is -2.38. The van der Waals surface area contributed by atoms with Crippen LogP contribution in [0.3, 0.4) is 0 Å². The van der Waals surface area contributed by atoms with Crippen molar-refractivity contribution in [3.8, 4) is 0 Å². The van der Waals surface area contributed by atoms with Crippen LogP contribution >= 0.6 is 0 Å². The van der Waals surface area contributed by atoms with Crippen molar-refractivity contribution in [3.05, 3.63) is 29.1 Å². The van der Waals surface area contributed by atoms with Gasteiger partial charge in [0.25, 0.3) is 5.91 Å². The Labute approximate surface area is 123 Å². The third-order valence-corrected chi connectivity index (χ3v) is 5.15. The molecule has 1 aliphatic carbocycles. The Hall–Kier alpha value is -1.47. The monoisotopic (exact) mass is 314 g/mol. The minimum atomic E-state index is -4.07. The molecule has 0 radical (unpaired) electrons. The molecule has 0 bridgehead atoms. The second-order valence-corrected chi connectivity index (χ2v) is 7.50. The summed E-state index contributed by atoms with van der Waals surface area (Å²) < 4.78 is 36.4. The summed E-state index contributed by atoms with van der Waals surface area (Å²) in [6, 6.07) is 1.86. The van der Waals surface area contributed by atoms with Gasteiger partial charge < -0.3 is 5.32 Å². The summed E-state index contributed by atoms with van der Waals surface area (Å²) in [5, 5.41) is 7.79. The molecule has 0 unspecified atom stereocenters. The van der Waals surface area contributed by atoms with E-state index >= 15 is 0 Å². The van der Waals surface area contributed by atoms with Crippen LogP contribution in [0.4, 0.5) is 4.39 Å². The van der Waals surface area contributed by atoms with Gasteiger partial charge in [-0.05, 0) is 42.9 Å². The van der Waals surface area contributed by atoms with Crippen molar-refractivity contribution in [2.24, 2.45) is 10.6 Å². The molecule has 0 aromatic heterocycles. The van der Waals surface area contributed by atoms with E-state index in [-0.39, 0.29) is 21.4 Å². The number of halogens is 1. The van der Waals surface area contributed by atoms with Crippen molar-refractivity contribution in [2.45, 2.75) is 38.0 Å². The molecule has 0 saturated heterocycles. The Morgan fingerprint density at radius 2 is 2.05 bits per heavy atom. The van der Waals surface area contributed by atoms with Gasteiger partial charge in [0.15, 0.2) is 0 Å². The summed E-state index contributed by atoms with van der Waals surface area (Å²) in [6.45, 7) is 4.01. The summed E-state index contributed by atoms with van der Waals surface area (Å²) >= 11 is 0. The number of carbonyl (C=O) groups excluding carboxylic acids is 1. The molecule has 0 heterocycles. The Balaban J connectivity index is 2.26. The standard InChI is InChI=1S/C14H19FN2O3S/c1-9-11(6-10(15)7-12(9)21(16,19)20)13(18)17-8-14(2)4-3-5-14/h6-7H,3-5,8H2,1-2H3,(H,17,18)(H2,16,19,20). The van der Waals surface area contributed by atoms with Crippen molar-refractivity contribution in [2.75, 3.05) is 6.54 Å². The Kier molecular flexibility index (Phi) is 4.08. The predicted molar refractivity (Wildman–Crippen MR) is 76.8 cm³/mol. The molecule has 1 aromatic rings. The first-order valence-electron chi connectivity index (χ1n) is 6.74. The van der Waals surface area contributed by atoms with Crippen LogP contribution in [0.5, 0.6) is 0 Å². The SMILES string of the molecule is Cc1c(C(=O)NCC2(C)CCC2)cc(F)cc1S(N)(=O)=O. The number of hydrogen-bond donors (Lipinski definition) is 2. The zero-order valence-corrected chi connectivity index (χ0v) is 12.9. The van der Waals surface area contributed by atoms with E-state index in [1.54, 1.807) is 0 Å². The second kappa shape index (κ2) is 5.38. The van der Waals surface area contributed by atoms with E-state index in [0.717, 1.165) is 31.4 Å². The van der Waals surface area contributed by atoms with Gasteiger partial charge in [0.1, 0.15) is 5.82 Å². The summed E-state index contributed by atoms with van der Waals surface area (Å²) in [7, 11) is -4.07. The highest BCUT2D eigenvalue weighted by molar-refractivity contribution is 7.89. The number of nitrogens with two attached hydrogens (primary N) is 1. The first-order valence-corrected chi connectivity index (χ1v) is 8.28. The van der Waals surface area contributed by atoms with Gasteiger partial charge in [-0.25, -0.2) is 17.9 Å². The predicted octanol–water partition coefficient (Wildman–Crippen LogP) is 1.70. The highest BCUT2D eigenvalue weighted by atomic mass is 32.2. The number of rotatable bonds is 4. The van der Waals surface area contributed by atoms with Crippen LogP contribution in [-0.4, -0.2) is 20.9 Å². The molecule has 1 fully saturated rings. The molecule has 0 spiro atoms. The van der Waals surface area contributed by atoms with E-state index in [1.165, 1.54) is 6.92 Å². The van der Waals surface area contributed by atoms with Crippen LogP contribution in [0, 0.1) is 18.2 Å². The number of hydrogen-bond acceptors (Lipinski definition) is 3. The third kappa shape index (κ3) is 3.41. The molecule has 1 aliphatic rings. The van der Waals surface area contributed by atoms with E-state index in [9.17, 15) is 17.6 Å². The fourth-order valence-corrected chi connectivity index (χ4v) is 3.34. The summed E-state index contributed by atoms with van der Waals surface area (Å²) in [4.78, 5) is 11.8. The van der Waals surface area contributed by atoms with Crippen molar-refractivity contribution in [1.29, 1.82) is 0 Å². The molecule has 116 valence electrons. The lowest BCUT2D eigenvalue weighted by molar-refractivity contribution is 0.0889. The zero-order valence-electron chi connectivity index (χ0n) is 12.1. The fraction of sp³-hybridized carbons (Fsp3) is 0.500. The largest absolute Gasteiger partial charge is 0.351 e. The lowest BCUT2D eigenvalue weighted by Crippen LogP contribution is -2.40. The molecule has 7 heteroatoms. The molecule has 1 amide bonds. The van der Waals surface area contributed by atoms with Crippen LogP contribution in [0.1, 0.15) is 42.1 Å². The molecule has 0 aliphatic heterocycles. The average molecular weight is 314 g/mol. The summed E-state index contributed by atoms with van der Waals surface area (Å²) in [6.07, 6.45) is 3.22. The van der Waals surface area contributed by atoms with Crippen molar-refractivity contribution in [3.63, 3.8) is 0 Å². The highest BCUT2D eigenvalue weighted by Crippen LogP contribution is 2.39. The minimum absolute atomic E-state index is 0.00180. The first-order chi connectivity index (χ1) is 9.62. The minimum Gasteiger partial charge on any atom is -0.351 e.